The van der Waals surface area contributed by atoms with Crippen LogP contribution in [-0.2, 0) is 4.57 Å². The van der Waals surface area contributed by atoms with Crippen LogP contribution in [0.1, 0.15) is 11.1 Å². The molecule has 0 atom stereocenters. The van der Waals surface area contributed by atoms with Gasteiger partial charge in [0.1, 0.15) is 17.2 Å². The third-order valence-electron chi connectivity index (χ3n) is 4.90. The van der Waals surface area contributed by atoms with Crippen LogP contribution in [-0.4, -0.2) is 14.9 Å². The minimum Gasteiger partial charge on any atom is -0.508 e. The first-order valence-electron chi connectivity index (χ1n) is 9.64. The highest BCUT2D eigenvalue weighted by Gasteiger charge is 2.16. The van der Waals surface area contributed by atoms with Crippen molar-refractivity contribution in [1.29, 1.82) is 0 Å². The van der Waals surface area contributed by atoms with E-state index in [0.29, 0.717) is 17.1 Å². The Morgan fingerprint density at radius 3 is 2.29 bits per heavy atom. The van der Waals surface area contributed by atoms with Crippen molar-refractivity contribution in [3.63, 3.8) is 0 Å². The first kappa shape index (κ1) is 20.9. The molecule has 4 aromatic rings. The van der Waals surface area contributed by atoms with Crippen LogP contribution in [0.15, 0.2) is 84.7 Å². The van der Waals surface area contributed by atoms with Crippen molar-refractivity contribution in [3.05, 3.63) is 95.8 Å². The minimum atomic E-state index is -4.21. The van der Waals surface area contributed by atoms with Gasteiger partial charge in [-0.25, -0.2) is 0 Å². The monoisotopic (exact) mass is 432 g/mol. The van der Waals surface area contributed by atoms with E-state index in [0.717, 1.165) is 33.3 Å². The van der Waals surface area contributed by atoms with Crippen LogP contribution in [0.2, 0.25) is 0 Å². The lowest BCUT2D eigenvalue weighted by atomic mass is 9.94. The Bertz CT molecular complexity index is 1310. The summed E-state index contributed by atoms with van der Waals surface area (Å²) in [6.07, 6.45) is 1.38. The Morgan fingerprint density at radius 2 is 1.61 bits per heavy atom. The summed E-state index contributed by atoms with van der Waals surface area (Å²) in [6.45, 7) is 2.01. The van der Waals surface area contributed by atoms with E-state index in [-0.39, 0.29) is 5.75 Å². The molecule has 0 heterocycles. The average molecular weight is 432 g/mol. The molecule has 6 heteroatoms. The lowest BCUT2D eigenvalue weighted by molar-refractivity contribution is 0.386. The zero-order valence-corrected chi connectivity index (χ0v) is 17.7. The summed E-state index contributed by atoms with van der Waals surface area (Å²) in [6, 6.07) is 24.1. The first-order chi connectivity index (χ1) is 14.8. The van der Waals surface area contributed by atoms with Crippen LogP contribution in [0.4, 0.5) is 0 Å². The fourth-order valence-electron chi connectivity index (χ4n) is 3.51. The summed E-state index contributed by atoms with van der Waals surface area (Å²) in [5, 5.41) is 11.7. The zero-order valence-electron chi connectivity index (χ0n) is 16.8. The van der Waals surface area contributed by atoms with Gasteiger partial charge in [-0.3, -0.25) is 4.57 Å². The van der Waals surface area contributed by atoms with E-state index in [1.807, 2.05) is 49.4 Å². The fraction of sp³-hybridized carbons (Fsp3) is 0.0400. The molecule has 0 saturated heterocycles. The maximum Gasteiger partial charge on any atom is 0.349 e. The lowest BCUT2D eigenvalue weighted by Gasteiger charge is -2.17. The molecule has 4 rings (SSSR count). The van der Waals surface area contributed by atoms with Gasteiger partial charge in [-0.2, -0.15) is 0 Å². The predicted octanol–water partition coefficient (Wildman–Crippen LogP) is 6.46. The Morgan fingerprint density at radius 1 is 0.903 bits per heavy atom. The summed E-state index contributed by atoms with van der Waals surface area (Å²) in [7, 11) is -4.21. The van der Waals surface area contributed by atoms with Gasteiger partial charge in [0, 0.05) is 16.8 Å². The minimum absolute atomic E-state index is 0.187. The molecule has 0 aliphatic rings. The van der Waals surface area contributed by atoms with Crippen molar-refractivity contribution in [2.24, 2.45) is 0 Å². The highest BCUT2D eigenvalue weighted by Crippen LogP contribution is 2.43. The van der Waals surface area contributed by atoms with E-state index in [4.69, 9.17) is 14.5 Å². The van der Waals surface area contributed by atoms with Crippen LogP contribution >= 0.6 is 7.60 Å². The number of phenolic OH excluding ortho intramolecular Hbond substituents is 1. The molecule has 0 fully saturated rings. The normalized spacial score (nSPS) is 11.8. The van der Waals surface area contributed by atoms with Gasteiger partial charge in [0.05, 0.1) is 0 Å². The van der Waals surface area contributed by atoms with E-state index in [2.05, 4.69) is 0 Å². The van der Waals surface area contributed by atoms with Gasteiger partial charge >= 0.3 is 7.60 Å². The fourth-order valence-corrected chi connectivity index (χ4v) is 3.88. The van der Waals surface area contributed by atoms with Crippen molar-refractivity contribution in [3.8, 4) is 28.4 Å². The Kier molecular flexibility index (Phi) is 5.66. The molecular weight excluding hydrogens is 411 g/mol. The second kappa shape index (κ2) is 8.40. The summed E-state index contributed by atoms with van der Waals surface area (Å²) in [4.78, 5) is 18.0. The van der Waals surface area contributed by atoms with E-state index in [9.17, 15) is 9.67 Å². The predicted molar refractivity (Wildman–Crippen MR) is 123 cm³/mol. The number of phenols is 1. The van der Waals surface area contributed by atoms with E-state index in [1.165, 1.54) is 6.08 Å². The molecule has 0 aliphatic carbocycles. The third kappa shape index (κ3) is 4.86. The number of fused-ring (bicyclic) bond motifs is 1. The molecule has 0 unspecified atom stereocenters. The van der Waals surface area contributed by atoms with Gasteiger partial charge in [-0.05, 0) is 65.4 Å². The summed E-state index contributed by atoms with van der Waals surface area (Å²) >= 11 is 0. The molecule has 4 aromatic carbocycles. The van der Waals surface area contributed by atoms with Gasteiger partial charge in [0.15, 0.2) is 0 Å². The smallest absolute Gasteiger partial charge is 0.349 e. The van der Waals surface area contributed by atoms with Gasteiger partial charge in [-0.15, -0.1) is 0 Å². The SMILES string of the molecule is Cc1cc2cc(O)ccc2c(Oc2ccc(/C=C/P(=O)(O)O)cc2)c1-c1ccccc1. The first-order valence-corrected chi connectivity index (χ1v) is 11.3. The number of rotatable bonds is 5. The molecule has 3 N–H and O–H groups in total. The Labute approximate surface area is 180 Å². The molecule has 0 saturated carbocycles. The number of hydrogen-bond donors (Lipinski definition) is 3. The standard InChI is InChI=1S/C25H21O5P/c1-17-15-20-16-21(26)9-12-23(20)25(24(17)19-5-3-2-4-6-19)30-22-10-7-18(8-11-22)13-14-31(27,28)29/h2-16,26H,1H3,(H2,27,28,29)/b14-13+. The largest absolute Gasteiger partial charge is 0.508 e. The number of hydrogen-bond acceptors (Lipinski definition) is 3. The van der Waals surface area contributed by atoms with Crippen LogP contribution in [0.25, 0.3) is 28.0 Å². The van der Waals surface area contributed by atoms with Crippen molar-refractivity contribution >= 4 is 24.4 Å². The second-order valence-electron chi connectivity index (χ2n) is 7.24. The molecule has 0 spiro atoms. The summed E-state index contributed by atoms with van der Waals surface area (Å²) in [5.41, 5.74) is 3.65. The molecule has 156 valence electrons. The highest BCUT2D eigenvalue weighted by molar-refractivity contribution is 7.55. The van der Waals surface area contributed by atoms with Crippen molar-refractivity contribution in [2.75, 3.05) is 0 Å². The number of benzene rings is 4. The Hall–Kier alpha value is -3.37. The quantitative estimate of drug-likeness (QED) is 0.315. The van der Waals surface area contributed by atoms with Gasteiger partial charge < -0.3 is 19.6 Å². The molecular formula is C25H21O5P. The molecule has 0 amide bonds. The van der Waals surface area contributed by atoms with Crippen molar-refractivity contribution in [2.45, 2.75) is 6.92 Å². The molecule has 0 radical (unpaired) electrons. The van der Waals surface area contributed by atoms with Crippen LogP contribution in [0.3, 0.4) is 0 Å². The van der Waals surface area contributed by atoms with E-state index < -0.39 is 7.60 Å². The lowest BCUT2D eigenvalue weighted by Crippen LogP contribution is -1.94. The summed E-state index contributed by atoms with van der Waals surface area (Å²) in [5.74, 6) is 2.33. The maximum atomic E-state index is 11.0. The third-order valence-corrected chi connectivity index (χ3v) is 5.43. The van der Waals surface area contributed by atoms with E-state index in [1.54, 1.807) is 36.4 Å². The van der Waals surface area contributed by atoms with Crippen molar-refractivity contribution in [1.82, 2.24) is 0 Å². The van der Waals surface area contributed by atoms with Crippen LogP contribution in [0, 0.1) is 6.92 Å². The van der Waals surface area contributed by atoms with Gasteiger partial charge in [-0.1, -0.05) is 48.5 Å². The molecule has 0 aliphatic heterocycles. The summed E-state index contributed by atoms with van der Waals surface area (Å²) < 4.78 is 17.4. The number of aryl methyl sites for hydroxylation is 1. The molecule has 5 nitrogen and oxygen atoms in total. The topological polar surface area (TPSA) is 87.0 Å². The van der Waals surface area contributed by atoms with E-state index >= 15 is 0 Å². The van der Waals surface area contributed by atoms with Crippen molar-refractivity contribution < 1.29 is 24.2 Å². The second-order valence-corrected chi connectivity index (χ2v) is 8.72. The highest BCUT2D eigenvalue weighted by atomic mass is 31.2. The molecule has 0 bridgehead atoms. The zero-order chi connectivity index (χ0) is 22.0. The van der Waals surface area contributed by atoms with Gasteiger partial charge in [0.2, 0.25) is 0 Å². The molecule has 0 aromatic heterocycles. The molecule has 31 heavy (non-hydrogen) atoms. The van der Waals surface area contributed by atoms with Gasteiger partial charge in [0.25, 0.3) is 0 Å². The van der Waals surface area contributed by atoms with Crippen LogP contribution < -0.4 is 4.74 Å². The number of ether oxygens (including phenoxy) is 1. The Balaban J connectivity index is 1.80. The van der Waals surface area contributed by atoms with Crippen LogP contribution in [0.5, 0.6) is 17.2 Å². The number of aromatic hydroxyl groups is 1. The average Bonchev–Trinajstić information content (AvgIpc) is 2.73. The maximum absolute atomic E-state index is 11.0.